The van der Waals surface area contributed by atoms with Crippen molar-refractivity contribution < 1.29 is 18.0 Å². The molecule has 1 aliphatic rings. The number of hydrogen-bond donors (Lipinski definition) is 1. The SMILES string of the molecule is CC(=O)c1ccc(S(=O)(=O)N(C)CCCC(=O)NC2CCCC2)cc1. The molecule has 138 valence electrons. The van der Waals surface area contributed by atoms with E-state index in [2.05, 4.69) is 5.32 Å². The molecule has 0 aliphatic heterocycles. The van der Waals surface area contributed by atoms with Gasteiger partial charge in [-0.3, -0.25) is 9.59 Å². The molecular weight excluding hydrogens is 340 g/mol. The highest BCUT2D eigenvalue weighted by Gasteiger charge is 2.21. The molecule has 0 spiro atoms. The van der Waals surface area contributed by atoms with E-state index in [0.717, 1.165) is 25.7 Å². The summed E-state index contributed by atoms with van der Waals surface area (Å²) in [7, 11) is -2.11. The van der Waals surface area contributed by atoms with Crippen LogP contribution in [0.25, 0.3) is 0 Å². The molecule has 0 saturated heterocycles. The number of carbonyl (C=O) groups is 2. The van der Waals surface area contributed by atoms with Crippen LogP contribution in [0.1, 0.15) is 55.8 Å². The van der Waals surface area contributed by atoms with Crippen molar-refractivity contribution in [1.29, 1.82) is 0 Å². The Balaban J connectivity index is 1.84. The van der Waals surface area contributed by atoms with Gasteiger partial charge in [0.2, 0.25) is 15.9 Å². The summed E-state index contributed by atoms with van der Waals surface area (Å²) in [4.78, 5) is 23.3. The lowest BCUT2D eigenvalue weighted by atomic mass is 10.2. The predicted octanol–water partition coefficient (Wildman–Crippen LogP) is 2.35. The molecule has 1 aromatic carbocycles. The fraction of sp³-hybridized carbons (Fsp3) is 0.556. The Hall–Kier alpha value is -1.73. The van der Waals surface area contributed by atoms with Crippen molar-refractivity contribution in [2.24, 2.45) is 0 Å². The van der Waals surface area contributed by atoms with E-state index < -0.39 is 10.0 Å². The van der Waals surface area contributed by atoms with E-state index in [1.165, 1.54) is 42.5 Å². The second kappa shape index (κ2) is 8.58. The first-order valence-electron chi connectivity index (χ1n) is 8.67. The molecule has 0 unspecified atom stereocenters. The zero-order chi connectivity index (χ0) is 18.4. The summed E-state index contributed by atoms with van der Waals surface area (Å²) in [6, 6.07) is 6.19. The molecule has 1 aromatic rings. The Bertz CT molecular complexity index is 707. The van der Waals surface area contributed by atoms with Gasteiger partial charge in [0.1, 0.15) is 0 Å². The molecule has 0 radical (unpaired) electrons. The van der Waals surface area contributed by atoms with Gasteiger partial charge in [-0.1, -0.05) is 25.0 Å². The summed E-state index contributed by atoms with van der Waals surface area (Å²) in [6.07, 6.45) is 5.19. The summed E-state index contributed by atoms with van der Waals surface area (Å²) in [5.74, 6) is -0.117. The van der Waals surface area contributed by atoms with E-state index >= 15 is 0 Å². The Kier molecular flexibility index (Phi) is 6.72. The lowest BCUT2D eigenvalue weighted by Gasteiger charge is -2.17. The molecule has 1 amide bonds. The fourth-order valence-electron chi connectivity index (χ4n) is 2.99. The molecule has 0 heterocycles. The lowest BCUT2D eigenvalue weighted by Crippen LogP contribution is -2.33. The quantitative estimate of drug-likeness (QED) is 0.716. The van der Waals surface area contributed by atoms with Crippen LogP contribution in [0.5, 0.6) is 0 Å². The molecule has 0 aromatic heterocycles. The van der Waals surface area contributed by atoms with Gasteiger partial charge in [0.15, 0.2) is 5.78 Å². The van der Waals surface area contributed by atoms with Crippen LogP contribution in [0.3, 0.4) is 0 Å². The van der Waals surface area contributed by atoms with Gasteiger partial charge in [0, 0.05) is 31.6 Å². The van der Waals surface area contributed by atoms with Crippen LogP contribution in [0.2, 0.25) is 0 Å². The minimum Gasteiger partial charge on any atom is -0.353 e. The van der Waals surface area contributed by atoms with E-state index in [9.17, 15) is 18.0 Å². The van der Waals surface area contributed by atoms with Gasteiger partial charge in [-0.25, -0.2) is 12.7 Å². The van der Waals surface area contributed by atoms with Gasteiger partial charge >= 0.3 is 0 Å². The number of carbonyl (C=O) groups excluding carboxylic acids is 2. The maximum atomic E-state index is 12.5. The number of hydrogen-bond acceptors (Lipinski definition) is 4. The third-order valence-corrected chi connectivity index (χ3v) is 6.44. The second-order valence-corrected chi connectivity index (χ2v) is 8.60. The molecule has 1 aliphatic carbocycles. The van der Waals surface area contributed by atoms with Crippen molar-refractivity contribution in [3.8, 4) is 0 Å². The molecule has 25 heavy (non-hydrogen) atoms. The zero-order valence-corrected chi connectivity index (χ0v) is 15.6. The highest BCUT2D eigenvalue weighted by Crippen LogP contribution is 2.18. The average molecular weight is 366 g/mol. The Morgan fingerprint density at radius 2 is 1.76 bits per heavy atom. The number of benzene rings is 1. The van der Waals surface area contributed by atoms with Gasteiger partial charge < -0.3 is 5.32 Å². The molecule has 0 bridgehead atoms. The average Bonchev–Trinajstić information content (AvgIpc) is 3.07. The molecule has 1 fully saturated rings. The van der Waals surface area contributed by atoms with Crippen molar-refractivity contribution in [2.45, 2.75) is 56.4 Å². The number of rotatable bonds is 8. The van der Waals surface area contributed by atoms with Gasteiger partial charge in [0.05, 0.1) is 4.90 Å². The molecular formula is C18H26N2O4S. The van der Waals surface area contributed by atoms with Crippen molar-refractivity contribution in [2.75, 3.05) is 13.6 Å². The summed E-state index contributed by atoms with van der Waals surface area (Å²) < 4.78 is 26.3. The van der Waals surface area contributed by atoms with Gasteiger partial charge in [-0.15, -0.1) is 0 Å². The number of amides is 1. The number of nitrogens with zero attached hydrogens (tertiary/aromatic N) is 1. The van der Waals surface area contributed by atoms with Crippen molar-refractivity contribution >= 4 is 21.7 Å². The predicted molar refractivity (Wildman–Crippen MR) is 95.9 cm³/mol. The largest absolute Gasteiger partial charge is 0.353 e. The van der Waals surface area contributed by atoms with Gasteiger partial charge in [-0.2, -0.15) is 0 Å². The third-order valence-electron chi connectivity index (χ3n) is 4.57. The van der Waals surface area contributed by atoms with E-state index in [4.69, 9.17) is 0 Å². The molecule has 1 saturated carbocycles. The van der Waals surface area contributed by atoms with E-state index in [1.54, 1.807) is 0 Å². The van der Waals surface area contributed by atoms with Crippen LogP contribution in [0.15, 0.2) is 29.2 Å². The summed E-state index contributed by atoms with van der Waals surface area (Å²) >= 11 is 0. The van der Waals surface area contributed by atoms with E-state index in [1.807, 2.05) is 0 Å². The maximum absolute atomic E-state index is 12.5. The summed E-state index contributed by atoms with van der Waals surface area (Å²) in [6.45, 7) is 1.71. The third kappa shape index (κ3) is 5.37. The van der Waals surface area contributed by atoms with Crippen molar-refractivity contribution in [3.63, 3.8) is 0 Å². The number of ketones is 1. The molecule has 2 rings (SSSR count). The highest BCUT2D eigenvalue weighted by atomic mass is 32.2. The number of nitrogens with one attached hydrogen (secondary N) is 1. The van der Waals surface area contributed by atoms with E-state index in [-0.39, 0.29) is 29.2 Å². The van der Waals surface area contributed by atoms with Crippen LogP contribution in [-0.2, 0) is 14.8 Å². The van der Waals surface area contributed by atoms with Crippen molar-refractivity contribution in [3.05, 3.63) is 29.8 Å². The Morgan fingerprint density at radius 1 is 1.16 bits per heavy atom. The highest BCUT2D eigenvalue weighted by molar-refractivity contribution is 7.89. The molecule has 6 nitrogen and oxygen atoms in total. The minimum atomic E-state index is -3.61. The summed E-state index contributed by atoms with van der Waals surface area (Å²) in [5.41, 5.74) is 0.477. The smallest absolute Gasteiger partial charge is 0.242 e. The van der Waals surface area contributed by atoms with Crippen LogP contribution in [0.4, 0.5) is 0 Å². The molecule has 1 N–H and O–H groups in total. The van der Waals surface area contributed by atoms with Crippen LogP contribution in [0, 0.1) is 0 Å². The van der Waals surface area contributed by atoms with Crippen LogP contribution < -0.4 is 5.32 Å². The zero-order valence-electron chi connectivity index (χ0n) is 14.8. The topological polar surface area (TPSA) is 83.6 Å². The van der Waals surface area contributed by atoms with E-state index in [0.29, 0.717) is 18.4 Å². The first-order chi connectivity index (χ1) is 11.8. The van der Waals surface area contributed by atoms with Gasteiger partial charge in [0.25, 0.3) is 0 Å². The van der Waals surface area contributed by atoms with Crippen molar-refractivity contribution in [1.82, 2.24) is 9.62 Å². The lowest BCUT2D eigenvalue weighted by molar-refractivity contribution is -0.121. The minimum absolute atomic E-state index is 0.0106. The second-order valence-electron chi connectivity index (χ2n) is 6.56. The fourth-order valence-corrected chi connectivity index (χ4v) is 4.20. The first kappa shape index (κ1) is 19.6. The Labute approximate surface area is 149 Å². The standard InChI is InChI=1S/C18H26N2O4S/c1-14(21)15-9-11-17(12-10-15)25(23,24)20(2)13-5-8-18(22)19-16-6-3-4-7-16/h9-12,16H,3-8,13H2,1-2H3,(H,19,22). The maximum Gasteiger partial charge on any atom is 0.242 e. The molecule has 0 atom stereocenters. The molecule has 7 heteroatoms. The summed E-state index contributed by atoms with van der Waals surface area (Å²) in [5, 5.41) is 3.00. The van der Waals surface area contributed by atoms with Crippen LogP contribution >= 0.6 is 0 Å². The first-order valence-corrected chi connectivity index (χ1v) is 10.1. The normalized spacial score (nSPS) is 15.5. The van der Waals surface area contributed by atoms with Crippen LogP contribution in [-0.4, -0.2) is 44.0 Å². The number of Topliss-reactive ketones (excluding diaryl/α,β-unsaturated/α-hetero) is 1. The monoisotopic (exact) mass is 366 g/mol. The number of sulfonamides is 1. The van der Waals surface area contributed by atoms with Gasteiger partial charge in [-0.05, 0) is 38.3 Å². The Morgan fingerprint density at radius 3 is 2.32 bits per heavy atom.